The Morgan fingerprint density at radius 1 is 1.19 bits per heavy atom. The topological polar surface area (TPSA) is 67.8 Å². The minimum Gasteiger partial charge on any atom is -0.319 e. The van der Waals surface area contributed by atoms with Gasteiger partial charge in [-0.15, -0.1) is 0 Å². The van der Waals surface area contributed by atoms with Gasteiger partial charge in [0.1, 0.15) is 6.33 Å². The fourth-order valence-corrected chi connectivity index (χ4v) is 1.12. The molecular weight excluding hydrogens is 211 g/mol. The van der Waals surface area contributed by atoms with Gasteiger partial charge in [0.05, 0.1) is 29.8 Å². The number of carbonyl (C=O) groups is 1. The Balaban J connectivity index is 2.19. The molecule has 1 N–H and O–H groups in total. The third-order valence-electron chi connectivity index (χ3n) is 1.84. The molecule has 0 aliphatic carbocycles. The normalized spacial score (nSPS) is 9.81. The predicted octanol–water partition coefficient (Wildman–Crippen LogP) is 1.26. The van der Waals surface area contributed by atoms with Crippen LogP contribution in [0.3, 0.4) is 0 Å². The fourth-order valence-electron chi connectivity index (χ4n) is 1.12. The summed E-state index contributed by atoms with van der Waals surface area (Å²) in [5.74, 6) is -1.23. The van der Waals surface area contributed by atoms with Gasteiger partial charge in [0, 0.05) is 6.20 Å². The Kier molecular flexibility index (Phi) is 2.81. The van der Waals surface area contributed by atoms with Gasteiger partial charge in [-0.1, -0.05) is 0 Å². The van der Waals surface area contributed by atoms with Crippen molar-refractivity contribution in [1.29, 1.82) is 0 Å². The maximum Gasteiger partial charge on any atom is 0.258 e. The van der Waals surface area contributed by atoms with Gasteiger partial charge in [-0.3, -0.25) is 9.78 Å². The van der Waals surface area contributed by atoms with Crippen molar-refractivity contribution >= 4 is 11.6 Å². The first-order valence-corrected chi connectivity index (χ1v) is 4.43. The number of anilines is 1. The molecule has 16 heavy (non-hydrogen) atoms. The largest absolute Gasteiger partial charge is 0.319 e. The lowest BCUT2D eigenvalue weighted by molar-refractivity contribution is 0.102. The molecule has 2 aromatic heterocycles. The van der Waals surface area contributed by atoms with Crippen molar-refractivity contribution in [2.45, 2.75) is 0 Å². The van der Waals surface area contributed by atoms with Gasteiger partial charge in [-0.05, 0) is 6.07 Å². The summed E-state index contributed by atoms with van der Waals surface area (Å²) in [6.07, 6.45) is 6.51. The molecule has 0 saturated carbocycles. The average Bonchev–Trinajstić information content (AvgIpc) is 2.31. The van der Waals surface area contributed by atoms with Crippen LogP contribution in [-0.2, 0) is 0 Å². The molecule has 2 rings (SSSR count). The monoisotopic (exact) mass is 218 g/mol. The van der Waals surface area contributed by atoms with Gasteiger partial charge in [0.2, 0.25) is 0 Å². The van der Waals surface area contributed by atoms with Crippen LogP contribution >= 0.6 is 0 Å². The van der Waals surface area contributed by atoms with E-state index in [1.807, 2.05) is 0 Å². The molecular formula is C10H7FN4O. The molecule has 0 fully saturated rings. The van der Waals surface area contributed by atoms with E-state index in [1.54, 1.807) is 0 Å². The van der Waals surface area contributed by atoms with Crippen molar-refractivity contribution < 1.29 is 9.18 Å². The summed E-state index contributed by atoms with van der Waals surface area (Å²) in [5, 5.41) is 2.47. The maximum atomic E-state index is 13.2. The first-order valence-electron chi connectivity index (χ1n) is 4.43. The molecule has 2 heterocycles. The second-order valence-corrected chi connectivity index (χ2v) is 2.94. The first kappa shape index (κ1) is 10.2. The highest BCUT2D eigenvalue weighted by Crippen LogP contribution is 2.08. The van der Waals surface area contributed by atoms with Crippen molar-refractivity contribution in [2.24, 2.45) is 0 Å². The lowest BCUT2D eigenvalue weighted by Crippen LogP contribution is -2.14. The summed E-state index contributed by atoms with van der Waals surface area (Å²) < 4.78 is 13.2. The van der Waals surface area contributed by atoms with Crippen LogP contribution in [0.4, 0.5) is 10.1 Å². The summed E-state index contributed by atoms with van der Waals surface area (Å²) in [7, 11) is 0. The summed E-state index contributed by atoms with van der Waals surface area (Å²) in [6, 6.07) is 1.30. The minimum absolute atomic E-state index is 0.0705. The third kappa shape index (κ3) is 2.17. The maximum absolute atomic E-state index is 13.2. The zero-order valence-corrected chi connectivity index (χ0v) is 8.09. The molecule has 1 amide bonds. The molecule has 0 bridgehead atoms. The summed E-state index contributed by atoms with van der Waals surface area (Å²) in [6.45, 7) is 0. The SMILES string of the molecule is O=C(Nc1cncnc1)c1ccncc1F. The zero-order chi connectivity index (χ0) is 11.4. The highest BCUT2D eigenvalue weighted by Gasteiger charge is 2.11. The van der Waals surface area contributed by atoms with Gasteiger partial charge in [-0.2, -0.15) is 0 Å². The Hall–Kier alpha value is -2.37. The van der Waals surface area contributed by atoms with Crippen LogP contribution in [0, 0.1) is 5.82 Å². The highest BCUT2D eigenvalue weighted by molar-refractivity contribution is 6.04. The van der Waals surface area contributed by atoms with Gasteiger partial charge in [0.25, 0.3) is 5.91 Å². The molecule has 0 unspecified atom stereocenters. The zero-order valence-electron chi connectivity index (χ0n) is 8.09. The summed E-state index contributed by atoms with van der Waals surface area (Å²) >= 11 is 0. The van der Waals surface area contributed by atoms with Crippen molar-refractivity contribution in [3.63, 3.8) is 0 Å². The molecule has 80 valence electrons. The van der Waals surface area contributed by atoms with E-state index in [9.17, 15) is 9.18 Å². The molecule has 0 atom stereocenters. The third-order valence-corrected chi connectivity index (χ3v) is 1.84. The second-order valence-electron chi connectivity index (χ2n) is 2.94. The van der Waals surface area contributed by atoms with Gasteiger partial charge in [0.15, 0.2) is 5.82 Å². The first-order chi connectivity index (χ1) is 7.77. The highest BCUT2D eigenvalue weighted by atomic mass is 19.1. The van der Waals surface area contributed by atoms with E-state index in [2.05, 4.69) is 20.3 Å². The van der Waals surface area contributed by atoms with Crippen LogP contribution < -0.4 is 5.32 Å². The number of nitrogens with zero attached hydrogens (tertiary/aromatic N) is 3. The van der Waals surface area contributed by atoms with E-state index < -0.39 is 11.7 Å². The van der Waals surface area contributed by atoms with E-state index in [4.69, 9.17) is 0 Å². The van der Waals surface area contributed by atoms with Gasteiger partial charge in [-0.25, -0.2) is 14.4 Å². The number of amides is 1. The summed E-state index contributed by atoms with van der Waals surface area (Å²) in [5.41, 5.74) is 0.336. The van der Waals surface area contributed by atoms with Crippen molar-refractivity contribution in [1.82, 2.24) is 15.0 Å². The van der Waals surface area contributed by atoms with E-state index in [0.29, 0.717) is 5.69 Å². The van der Waals surface area contributed by atoms with Gasteiger partial charge >= 0.3 is 0 Å². The van der Waals surface area contributed by atoms with Crippen LogP contribution in [0.2, 0.25) is 0 Å². The van der Waals surface area contributed by atoms with Crippen LogP contribution in [0.15, 0.2) is 37.2 Å². The predicted molar refractivity (Wildman–Crippen MR) is 54.2 cm³/mol. The lowest BCUT2D eigenvalue weighted by atomic mass is 10.2. The van der Waals surface area contributed by atoms with Crippen LogP contribution in [0.1, 0.15) is 10.4 Å². The standard InChI is InChI=1S/C10H7FN4O/c11-9-5-12-2-1-8(9)10(16)15-7-3-13-6-14-4-7/h1-6H,(H,15,16). The number of rotatable bonds is 2. The van der Waals surface area contributed by atoms with Crippen LogP contribution in [0.5, 0.6) is 0 Å². The molecule has 0 aliphatic heterocycles. The number of pyridine rings is 1. The molecule has 0 aromatic carbocycles. The number of hydrogen-bond acceptors (Lipinski definition) is 4. The smallest absolute Gasteiger partial charge is 0.258 e. The van der Waals surface area contributed by atoms with E-state index in [-0.39, 0.29) is 5.56 Å². The number of nitrogens with one attached hydrogen (secondary N) is 1. The number of aromatic nitrogens is 3. The molecule has 6 heteroatoms. The number of halogens is 1. The van der Waals surface area contributed by atoms with Crippen molar-refractivity contribution in [2.75, 3.05) is 5.32 Å². The number of carbonyl (C=O) groups excluding carboxylic acids is 1. The minimum atomic E-state index is -0.670. The molecule has 5 nitrogen and oxygen atoms in total. The van der Waals surface area contributed by atoms with Crippen molar-refractivity contribution in [3.8, 4) is 0 Å². The molecule has 0 saturated heterocycles. The molecule has 2 aromatic rings. The Labute approximate surface area is 90.4 Å². The van der Waals surface area contributed by atoms with Crippen LogP contribution in [-0.4, -0.2) is 20.9 Å². The van der Waals surface area contributed by atoms with Crippen LogP contribution in [0.25, 0.3) is 0 Å². The quantitative estimate of drug-likeness (QED) is 0.824. The van der Waals surface area contributed by atoms with E-state index in [1.165, 1.54) is 31.0 Å². The molecule has 0 radical (unpaired) electrons. The van der Waals surface area contributed by atoms with Gasteiger partial charge < -0.3 is 5.32 Å². The Morgan fingerprint density at radius 3 is 2.62 bits per heavy atom. The molecule has 0 spiro atoms. The average molecular weight is 218 g/mol. The Bertz CT molecular complexity index is 503. The second kappa shape index (κ2) is 4.43. The Morgan fingerprint density at radius 2 is 1.94 bits per heavy atom. The summed E-state index contributed by atoms with van der Waals surface area (Å²) in [4.78, 5) is 22.6. The van der Waals surface area contributed by atoms with Crippen molar-refractivity contribution in [3.05, 3.63) is 48.6 Å². The fraction of sp³-hybridized carbons (Fsp3) is 0. The van der Waals surface area contributed by atoms with E-state index in [0.717, 1.165) is 6.20 Å². The number of hydrogen-bond donors (Lipinski definition) is 1. The lowest BCUT2D eigenvalue weighted by Gasteiger charge is -2.04. The van der Waals surface area contributed by atoms with E-state index >= 15 is 0 Å². The molecule has 0 aliphatic rings.